The Labute approximate surface area is 145 Å². The van der Waals surface area contributed by atoms with E-state index >= 15 is 0 Å². The number of carbonyl (C=O) groups excluding carboxylic acids is 2. The maximum atomic E-state index is 12.0. The number of aryl methyl sites for hydroxylation is 1. The summed E-state index contributed by atoms with van der Waals surface area (Å²) in [4.78, 5) is 26.7. The third kappa shape index (κ3) is 5.69. The van der Waals surface area contributed by atoms with Crippen LogP contribution < -0.4 is 5.32 Å². The molecule has 2 amide bonds. The molecule has 1 N–H and O–H groups in total. The first-order valence-corrected chi connectivity index (χ1v) is 8.63. The van der Waals surface area contributed by atoms with Crippen molar-refractivity contribution in [2.45, 2.75) is 19.3 Å². The van der Waals surface area contributed by atoms with Crippen molar-refractivity contribution in [3.63, 3.8) is 0 Å². The molecule has 6 heteroatoms. The number of halogens is 1. The van der Waals surface area contributed by atoms with Crippen LogP contribution in [0.3, 0.4) is 0 Å². The molecule has 122 valence electrons. The Bertz CT molecular complexity index is 658. The molecule has 1 aromatic carbocycles. The second-order valence-electron chi connectivity index (χ2n) is 5.21. The number of benzene rings is 1. The van der Waals surface area contributed by atoms with Gasteiger partial charge in [-0.2, -0.15) is 0 Å². The van der Waals surface area contributed by atoms with Gasteiger partial charge in [0.2, 0.25) is 11.8 Å². The van der Waals surface area contributed by atoms with Crippen LogP contribution in [-0.2, 0) is 16.0 Å². The van der Waals surface area contributed by atoms with Gasteiger partial charge in [0.25, 0.3) is 0 Å². The lowest BCUT2D eigenvalue weighted by molar-refractivity contribution is -0.133. The summed E-state index contributed by atoms with van der Waals surface area (Å²) in [6, 6.07) is 11.1. The molecule has 4 nitrogen and oxygen atoms in total. The van der Waals surface area contributed by atoms with Crippen LogP contribution in [0.1, 0.15) is 17.7 Å². The zero-order valence-corrected chi connectivity index (χ0v) is 14.5. The third-order valence-corrected chi connectivity index (χ3v) is 4.61. The summed E-state index contributed by atoms with van der Waals surface area (Å²) in [6.45, 7) is 0.0169. The molecule has 0 saturated carbocycles. The molecular formula is C17H19ClN2O2S. The number of para-hydroxylation sites is 1. The highest BCUT2D eigenvalue weighted by Crippen LogP contribution is 2.20. The first kappa shape index (κ1) is 17.5. The van der Waals surface area contributed by atoms with Gasteiger partial charge in [0.05, 0.1) is 17.3 Å². The van der Waals surface area contributed by atoms with Crippen LogP contribution in [0.5, 0.6) is 0 Å². The fraction of sp³-hybridized carbons (Fsp3) is 0.294. The van der Waals surface area contributed by atoms with Gasteiger partial charge in [-0.15, -0.1) is 11.3 Å². The quantitative estimate of drug-likeness (QED) is 0.825. The molecular weight excluding hydrogens is 332 g/mol. The normalized spacial score (nSPS) is 10.3. The molecule has 0 atom stereocenters. The number of hydrogen-bond acceptors (Lipinski definition) is 3. The Balaban J connectivity index is 1.74. The summed E-state index contributed by atoms with van der Waals surface area (Å²) in [6.07, 6.45) is 2.12. The van der Waals surface area contributed by atoms with E-state index in [0.717, 1.165) is 12.8 Å². The van der Waals surface area contributed by atoms with Crippen molar-refractivity contribution in [2.24, 2.45) is 0 Å². The highest BCUT2D eigenvalue weighted by molar-refractivity contribution is 7.09. The third-order valence-electron chi connectivity index (χ3n) is 3.35. The van der Waals surface area contributed by atoms with Crippen molar-refractivity contribution in [2.75, 3.05) is 18.9 Å². The van der Waals surface area contributed by atoms with Crippen molar-refractivity contribution < 1.29 is 9.59 Å². The highest BCUT2D eigenvalue weighted by Gasteiger charge is 2.13. The van der Waals surface area contributed by atoms with Crippen molar-refractivity contribution in [3.8, 4) is 0 Å². The van der Waals surface area contributed by atoms with Crippen LogP contribution in [0.15, 0.2) is 41.8 Å². The van der Waals surface area contributed by atoms with E-state index in [9.17, 15) is 9.59 Å². The van der Waals surface area contributed by atoms with Gasteiger partial charge >= 0.3 is 0 Å². The molecule has 0 spiro atoms. The van der Waals surface area contributed by atoms with Gasteiger partial charge in [-0.25, -0.2) is 0 Å². The van der Waals surface area contributed by atoms with E-state index in [1.54, 1.807) is 42.6 Å². The van der Waals surface area contributed by atoms with Crippen molar-refractivity contribution in [3.05, 3.63) is 51.7 Å². The summed E-state index contributed by atoms with van der Waals surface area (Å²) >= 11 is 7.69. The number of anilines is 1. The number of likely N-dealkylation sites (N-methyl/N-ethyl adjacent to an activating group) is 1. The van der Waals surface area contributed by atoms with Crippen LogP contribution in [0.4, 0.5) is 5.69 Å². The van der Waals surface area contributed by atoms with E-state index in [0.29, 0.717) is 17.1 Å². The molecule has 0 aliphatic rings. The molecule has 2 rings (SSSR count). The lowest BCUT2D eigenvalue weighted by Crippen LogP contribution is -2.34. The largest absolute Gasteiger partial charge is 0.336 e. The lowest BCUT2D eigenvalue weighted by Gasteiger charge is -2.17. The van der Waals surface area contributed by atoms with Crippen molar-refractivity contribution in [1.82, 2.24) is 4.90 Å². The molecule has 1 aromatic heterocycles. The lowest BCUT2D eigenvalue weighted by atomic mass is 10.2. The second-order valence-corrected chi connectivity index (χ2v) is 6.65. The molecule has 0 aliphatic carbocycles. The average molecular weight is 351 g/mol. The summed E-state index contributed by atoms with van der Waals surface area (Å²) in [5, 5.41) is 5.22. The van der Waals surface area contributed by atoms with Crippen LogP contribution in [0, 0.1) is 0 Å². The minimum absolute atomic E-state index is 0.0169. The van der Waals surface area contributed by atoms with E-state index in [1.165, 1.54) is 9.78 Å². The number of nitrogens with zero attached hydrogens (tertiary/aromatic N) is 1. The smallest absolute Gasteiger partial charge is 0.244 e. The van der Waals surface area contributed by atoms with Gasteiger partial charge in [-0.05, 0) is 36.4 Å². The Morgan fingerprint density at radius 1 is 1.22 bits per heavy atom. The number of carbonyl (C=O) groups is 2. The first-order valence-electron chi connectivity index (χ1n) is 7.37. The van der Waals surface area contributed by atoms with E-state index < -0.39 is 0 Å². The van der Waals surface area contributed by atoms with Gasteiger partial charge < -0.3 is 10.2 Å². The maximum absolute atomic E-state index is 12.0. The summed E-state index contributed by atoms with van der Waals surface area (Å²) in [5.41, 5.74) is 0.553. The number of amides is 2. The Kier molecular flexibility index (Phi) is 6.62. The van der Waals surface area contributed by atoms with E-state index in [4.69, 9.17) is 11.6 Å². The van der Waals surface area contributed by atoms with Crippen LogP contribution in [0.25, 0.3) is 0 Å². The van der Waals surface area contributed by atoms with Gasteiger partial charge in [0.15, 0.2) is 0 Å². The number of nitrogens with one attached hydrogen (secondary N) is 1. The minimum atomic E-state index is -0.257. The Hall–Kier alpha value is -1.85. The molecule has 0 aliphatic heterocycles. The predicted molar refractivity (Wildman–Crippen MR) is 95.0 cm³/mol. The fourth-order valence-corrected chi connectivity index (χ4v) is 3.05. The van der Waals surface area contributed by atoms with Crippen LogP contribution in [0.2, 0.25) is 5.02 Å². The second kappa shape index (κ2) is 8.70. The van der Waals surface area contributed by atoms with Gasteiger partial charge in [-0.1, -0.05) is 29.8 Å². The van der Waals surface area contributed by atoms with E-state index in [1.807, 2.05) is 11.4 Å². The SMILES string of the molecule is CN(CC(=O)Nc1ccccc1Cl)C(=O)CCCc1cccs1. The fourth-order valence-electron chi connectivity index (χ4n) is 2.12. The van der Waals surface area contributed by atoms with E-state index in [-0.39, 0.29) is 18.4 Å². The van der Waals surface area contributed by atoms with Gasteiger partial charge in [-0.3, -0.25) is 9.59 Å². The van der Waals surface area contributed by atoms with Crippen molar-refractivity contribution in [1.29, 1.82) is 0 Å². The van der Waals surface area contributed by atoms with E-state index in [2.05, 4.69) is 11.4 Å². The first-order chi connectivity index (χ1) is 11.1. The summed E-state index contributed by atoms with van der Waals surface area (Å²) in [5.74, 6) is -0.289. The topological polar surface area (TPSA) is 49.4 Å². The average Bonchev–Trinajstić information content (AvgIpc) is 3.02. The summed E-state index contributed by atoms with van der Waals surface area (Å²) in [7, 11) is 1.64. The van der Waals surface area contributed by atoms with Gasteiger partial charge in [0, 0.05) is 18.3 Å². The molecule has 23 heavy (non-hydrogen) atoms. The molecule has 0 bridgehead atoms. The van der Waals surface area contributed by atoms with Crippen LogP contribution in [-0.4, -0.2) is 30.3 Å². The number of thiophene rings is 1. The zero-order chi connectivity index (χ0) is 16.7. The molecule has 0 radical (unpaired) electrons. The molecule has 0 unspecified atom stereocenters. The Morgan fingerprint density at radius 2 is 2.00 bits per heavy atom. The molecule has 1 heterocycles. The maximum Gasteiger partial charge on any atom is 0.244 e. The molecule has 0 saturated heterocycles. The highest BCUT2D eigenvalue weighted by atomic mass is 35.5. The van der Waals surface area contributed by atoms with Crippen molar-refractivity contribution >= 4 is 40.4 Å². The predicted octanol–water partition coefficient (Wildman–Crippen LogP) is 3.82. The standard InChI is InChI=1S/C17H19ClN2O2S/c1-20(17(22)10-4-6-13-7-5-11-23-13)12-16(21)19-15-9-3-2-8-14(15)18/h2-3,5,7-9,11H,4,6,10,12H2,1H3,(H,19,21). The molecule has 2 aromatic rings. The zero-order valence-electron chi connectivity index (χ0n) is 12.9. The number of rotatable bonds is 7. The minimum Gasteiger partial charge on any atom is -0.336 e. The monoisotopic (exact) mass is 350 g/mol. The molecule has 0 fully saturated rings. The van der Waals surface area contributed by atoms with Crippen LogP contribution >= 0.6 is 22.9 Å². The number of hydrogen-bond donors (Lipinski definition) is 1. The van der Waals surface area contributed by atoms with Gasteiger partial charge in [0.1, 0.15) is 0 Å². The Morgan fingerprint density at radius 3 is 2.70 bits per heavy atom. The summed E-state index contributed by atoms with van der Waals surface area (Å²) < 4.78 is 0.